The molecule has 1 heterocycles. The minimum Gasteiger partial charge on any atom is -0.315 e. The third-order valence-electron chi connectivity index (χ3n) is 2.47. The lowest BCUT2D eigenvalue weighted by Crippen LogP contribution is -2.35. The van der Waals surface area contributed by atoms with E-state index in [0.717, 1.165) is 6.54 Å². The fourth-order valence-electron chi connectivity index (χ4n) is 1.32. The standard InChI is InChI=1S/C10H17N3O2/c1-4-11-5-6-13-10(15)8(3)7(2)9(14)12-13/h11H,4-6H2,1-3H3,(H,12,14). The van der Waals surface area contributed by atoms with Gasteiger partial charge in [0.25, 0.3) is 11.1 Å². The van der Waals surface area contributed by atoms with Crippen molar-refractivity contribution in [3.63, 3.8) is 0 Å². The summed E-state index contributed by atoms with van der Waals surface area (Å²) in [4.78, 5) is 23.1. The minimum atomic E-state index is -0.191. The van der Waals surface area contributed by atoms with Crippen LogP contribution >= 0.6 is 0 Å². The van der Waals surface area contributed by atoms with Gasteiger partial charge in [0, 0.05) is 17.7 Å². The fraction of sp³-hybridized carbons (Fsp3) is 0.600. The van der Waals surface area contributed by atoms with E-state index in [-0.39, 0.29) is 11.1 Å². The SMILES string of the molecule is CCNCCn1[nH]c(=O)c(C)c(C)c1=O. The minimum absolute atomic E-state index is 0.120. The van der Waals surface area contributed by atoms with Gasteiger partial charge in [-0.1, -0.05) is 6.92 Å². The van der Waals surface area contributed by atoms with Gasteiger partial charge in [-0.2, -0.15) is 0 Å². The van der Waals surface area contributed by atoms with E-state index in [1.54, 1.807) is 13.8 Å². The zero-order valence-corrected chi connectivity index (χ0v) is 9.39. The van der Waals surface area contributed by atoms with Gasteiger partial charge in [0.2, 0.25) is 0 Å². The topological polar surface area (TPSA) is 66.9 Å². The highest BCUT2D eigenvalue weighted by atomic mass is 16.2. The second kappa shape index (κ2) is 4.93. The molecule has 0 saturated carbocycles. The van der Waals surface area contributed by atoms with Gasteiger partial charge in [0.15, 0.2) is 0 Å². The summed E-state index contributed by atoms with van der Waals surface area (Å²) >= 11 is 0. The van der Waals surface area contributed by atoms with Crippen molar-refractivity contribution in [3.8, 4) is 0 Å². The van der Waals surface area contributed by atoms with Crippen LogP contribution in [0.2, 0.25) is 0 Å². The molecule has 15 heavy (non-hydrogen) atoms. The van der Waals surface area contributed by atoms with E-state index in [0.29, 0.717) is 24.2 Å². The molecule has 0 radical (unpaired) electrons. The quantitative estimate of drug-likeness (QED) is 0.676. The van der Waals surface area contributed by atoms with Gasteiger partial charge in [-0.05, 0) is 20.4 Å². The van der Waals surface area contributed by atoms with Crippen molar-refractivity contribution in [1.82, 2.24) is 15.1 Å². The van der Waals surface area contributed by atoms with Gasteiger partial charge in [0.1, 0.15) is 0 Å². The Kier molecular flexibility index (Phi) is 3.85. The van der Waals surface area contributed by atoms with Crippen LogP contribution in [0.15, 0.2) is 9.59 Å². The second-order valence-corrected chi connectivity index (χ2v) is 3.50. The third kappa shape index (κ3) is 2.56. The van der Waals surface area contributed by atoms with Crippen molar-refractivity contribution in [2.75, 3.05) is 13.1 Å². The van der Waals surface area contributed by atoms with E-state index in [1.807, 2.05) is 6.92 Å². The maximum Gasteiger partial charge on any atom is 0.268 e. The van der Waals surface area contributed by atoms with E-state index in [4.69, 9.17) is 0 Å². The number of aromatic amines is 1. The van der Waals surface area contributed by atoms with Crippen molar-refractivity contribution in [2.24, 2.45) is 0 Å². The van der Waals surface area contributed by atoms with E-state index in [1.165, 1.54) is 4.68 Å². The molecule has 0 atom stereocenters. The molecule has 1 aromatic rings. The number of nitrogens with zero attached hydrogens (tertiary/aromatic N) is 1. The molecule has 0 fully saturated rings. The van der Waals surface area contributed by atoms with Crippen molar-refractivity contribution < 1.29 is 0 Å². The Balaban J connectivity index is 3.00. The Morgan fingerprint density at radius 3 is 2.53 bits per heavy atom. The predicted octanol–water partition coefficient (Wildman–Crippen LogP) is -0.237. The number of H-pyrrole nitrogens is 1. The van der Waals surface area contributed by atoms with Crippen LogP contribution < -0.4 is 16.4 Å². The zero-order chi connectivity index (χ0) is 11.4. The Morgan fingerprint density at radius 2 is 1.93 bits per heavy atom. The number of likely N-dealkylation sites (N-methyl/N-ethyl adjacent to an activating group) is 1. The summed E-state index contributed by atoms with van der Waals surface area (Å²) in [7, 11) is 0. The lowest BCUT2D eigenvalue weighted by molar-refractivity contribution is 0.530. The maximum absolute atomic E-state index is 11.7. The largest absolute Gasteiger partial charge is 0.315 e. The summed E-state index contributed by atoms with van der Waals surface area (Å²) in [6.45, 7) is 7.34. The average molecular weight is 211 g/mol. The maximum atomic E-state index is 11.7. The van der Waals surface area contributed by atoms with Crippen LogP contribution in [0.3, 0.4) is 0 Å². The first kappa shape index (κ1) is 11.7. The van der Waals surface area contributed by atoms with Gasteiger partial charge in [-0.25, -0.2) is 4.68 Å². The molecule has 0 aromatic carbocycles. The van der Waals surface area contributed by atoms with Crippen molar-refractivity contribution in [3.05, 3.63) is 31.8 Å². The van der Waals surface area contributed by atoms with Crippen molar-refractivity contribution in [1.29, 1.82) is 0 Å². The Bertz CT molecular complexity index is 445. The highest BCUT2D eigenvalue weighted by Crippen LogP contribution is 1.90. The van der Waals surface area contributed by atoms with Crippen molar-refractivity contribution >= 4 is 0 Å². The number of aromatic nitrogens is 2. The smallest absolute Gasteiger partial charge is 0.268 e. The van der Waals surface area contributed by atoms with Gasteiger partial charge in [0.05, 0.1) is 6.54 Å². The third-order valence-corrected chi connectivity index (χ3v) is 2.47. The molecule has 84 valence electrons. The van der Waals surface area contributed by atoms with Crippen LogP contribution in [0.1, 0.15) is 18.1 Å². The summed E-state index contributed by atoms with van der Waals surface area (Å²) in [5.74, 6) is 0. The molecule has 0 saturated heterocycles. The number of rotatable bonds is 4. The van der Waals surface area contributed by atoms with Crippen molar-refractivity contribution in [2.45, 2.75) is 27.3 Å². The lowest BCUT2D eigenvalue weighted by atomic mass is 10.2. The highest BCUT2D eigenvalue weighted by molar-refractivity contribution is 5.17. The molecule has 0 aliphatic rings. The summed E-state index contributed by atoms with van der Waals surface area (Å²) in [6.07, 6.45) is 0. The van der Waals surface area contributed by atoms with Gasteiger partial charge < -0.3 is 5.32 Å². The molecule has 2 N–H and O–H groups in total. The molecule has 0 amide bonds. The van der Waals surface area contributed by atoms with E-state index < -0.39 is 0 Å². The molecule has 0 aliphatic carbocycles. The van der Waals surface area contributed by atoms with Crippen LogP contribution in [0, 0.1) is 13.8 Å². The molecule has 0 spiro atoms. The van der Waals surface area contributed by atoms with E-state index in [9.17, 15) is 9.59 Å². The molecule has 1 rings (SSSR count). The van der Waals surface area contributed by atoms with Gasteiger partial charge >= 0.3 is 0 Å². The number of hydrogen-bond donors (Lipinski definition) is 2. The molecular formula is C10H17N3O2. The predicted molar refractivity (Wildman–Crippen MR) is 59.3 cm³/mol. The average Bonchev–Trinajstić information content (AvgIpc) is 2.23. The number of nitrogens with one attached hydrogen (secondary N) is 2. The molecule has 0 aliphatic heterocycles. The fourth-order valence-corrected chi connectivity index (χ4v) is 1.32. The first-order chi connectivity index (χ1) is 7.07. The molecule has 0 bridgehead atoms. The van der Waals surface area contributed by atoms with E-state index >= 15 is 0 Å². The van der Waals surface area contributed by atoms with Crippen LogP contribution in [0.4, 0.5) is 0 Å². The van der Waals surface area contributed by atoms with Gasteiger partial charge in [-0.3, -0.25) is 14.7 Å². The van der Waals surface area contributed by atoms with E-state index in [2.05, 4.69) is 10.4 Å². The summed E-state index contributed by atoms with van der Waals surface area (Å²) in [6, 6.07) is 0. The number of hydrogen-bond acceptors (Lipinski definition) is 3. The summed E-state index contributed by atoms with van der Waals surface area (Å²) in [5.41, 5.74) is 0.712. The highest BCUT2D eigenvalue weighted by Gasteiger charge is 2.06. The molecule has 1 aromatic heterocycles. The summed E-state index contributed by atoms with van der Waals surface area (Å²) < 4.78 is 1.35. The first-order valence-corrected chi connectivity index (χ1v) is 5.09. The summed E-state index contributed by atoms with van der Waals surface area (Å²) in [5, 5.41) is 5.65. The zero-order valence-electron chi connectivity index (χ0n) is 9.39. The van der Waals surface area contributed by atoms with Crippen LogP contribution in [-0.4, -0.2) is 22.9 Å². The van der Waals surface area contributed by atoms with Gasteiger partial charge in [-0.15, -0.1) is 0 Å². The Labute approximate surface area is 88.1 Å². The molecular weight excluding hydrogens is 194 g/mol. The Hall–Kier alpha value is -1.36. The normalized spacial score (nSPS) is 10.6. The molecule has 5 heteroatoms. The Morgan fingerprint density at radius 1 is 1.27 bits per heavy atom. The monoisotopic (exact) mass is 211 g/mol. The van der Waals surface area contributed by atoms with Crippen LogP contribution in [0.5, 0.6) is 0 Å². The molecule has 5 nitrogen and oxygen atoms in total. The van der Waals surface area contributed by atoms with Crippen LogP contribution in [-0.2, 0) is 6.54 Å². The second-order valence-electron chi connectivity index (χ2n) is 3.50. The lowest BCUT2D eigenvalue weighted by Gasteiger charge is -2.07. The van der Waals surface area contributed by atoms with Crippen LogP contribution in [0.25, 0.3) is 0 Å². The first-order valence-electron chi connectivity index (χ1n) is 5.09. The molecule has 0 unspecified atom stereocenters.